The number of phenolic OH excluding ortho intramolecular Hbond substituents is 1. The molecular weight excluding hydrogens is 292 g/mol. The van der Waals surface area contributed by atoms with E-state index in [9.17, 15) is 14.3 Å². The van der Waals surface area contributed by atoms with Crippen LogP contribution in [0.1, 0.15) is 10.4 Å². The number of rotatable bonds is 2. The Kier molecular flexibility index (Phi) is 3.93. The molecule has 0 saturated heterocycles. The second kappa shape index (κ2) is 5.47. The fourth-order valence-corrected chi connectivity index (χ4v) is 1.89. The van der Waals surface area contributed by atoms with Gasteiger partial charge in [-0.3, -0.25) is 4.79 Å². The third-order valence-electron chi connectivity index (χ3n) is 2.38. The van der Waals surface area contributed by atoms with Crippen LogP contribution in [0.25, 0.3) is 0 Å². The molecule has 0 saturated carbocycles. The minimum atomic E-state index is -0.519. The number of hydrogen-bond acceptors (Lipinski definition) is 2. The van der Waals surface area contributed by atoms with Crippen molar-refractivity contribution in [2.75, 3.05) is 5.32 Å². The Balaban J connectivity index is 2.23. The van der Waals surface area contributed by atoms with Crippen molar-refractivity contribution in [3.63, 3.8) is 0 Å². The van der Waals surface area contributed by atoms with E-state index in [1.54, 1.807) is 0 Å². The highest BCUT2D eigenvalue weighted by Gasteiger charge is 2.12. The van der Waals surface area contributed by atoms with Crippen LogP contribution in [0.3, 0.4) is 0 Å². The van der Waals surface area contributed by atoms with E-state index in [0.717, 1.165) is 12.1 Å². The van der Waals surface area contributed by atoms with Crippen LogP contribution in [0, 0.1) is 5.82 Å². The van der Waals surface area contributed by atoms with Gasteiger partial charge in [-0.25, -0.2) is 4.39 Å². The van der Waals surface area contributed by atoms with Crippen molar-refractivity contribution in [1.82, 2.24) is 0 Å². The van der Waals surface area contributed by atoms with Crippen LogP contribution < -0.4 is 5.32 Å². The van der Waals surface area contributed by atoms with Crippen LogP contribution in [0.4, 0.5) is 10.1 Å². The molecule has 0 bridgehead atoms. The predicted molar refractivity (Wildman–Crippen MR) is 72.5 cm³/mol. The molecule has 19 heavy (non-hydrogen) atoms. The van der Waals surface area contributed by atoms with Gasteiger partial charge in [-0.2, -0.15) is 0 Å². The van der Waals surface area contributed by atoms with Crippen LogP contribution in [0.5, 0.6) is 5.75 Å². The number of nitrogens with one attached hydrogen (secondary N) is 1. The van der Waals surface area contributed by atoms with E-state index in [1.807, 2.05) is 0 Å². The van der Waals surface area contributed by atoms with Gasteiger partial charge in [0.25, 0.3) is 5.91 Å². The molecule has 3 nitrogen and oxygen atoms in total. The SMILES string of the molecule is O=C(Nc1ccc(O)c(Cl)c1)c1ccc(F)cc1Cl. The molecule has 0 aliphatic rings. The lowest BCUT2D eigenvalue weighted by Gasteiger charge is -2.07. The van der Waals surface area contributed by atoms with Gasteiger partial charge in [0.1, 0.15) is 11.6 Å². The second-order valence-electron chi connectivity index (χ2n) is 3.74. The minimum Gasteiger partial charge on any atom is -0.506 e. The molecule has 2 aromatic rings. The number of amides is 1. The van der Waals surface area contributed by atoms with Gasteiger partial charge in [-0.1, -0.05) is 23.2 Å². The maximum Gasteiger partial charge on any atom is 0.257 e. The predicted octanol–water partition coefficient (Wildman–Crippen LogP) is 4.09. The quantitative estimate of drug-likeness (QED) is 0.821. The van der Waals surface area contributed by atoms with Crippen molar-refractivity contribution < 1.29 is 14.3 Å². The smallest absolute Gasteiger partial charge is 0.257 e. The van der Waals surface area contributed by atoms with E-state index >= 15 is 0 Å². The number of carbonyl (C=O) groups is 1. The highest BCUT2D eigenvalue weighted by atomic mass is 35.5. The lowest BCUT2D eigenvalue weighted by molar-refractivity contribution is 0.102. The van der Waals surface area contributed by atoms with Gasteiger partial charge in [0.2, 0.25) is 0 Å². The number of benzene rings is 2. The van der Waals surface area contributed by atoms with Crippen LogP contribution >= 0.6 is 23.2 Å². The molecule has 0 fully saturated rings. The largest absolute Gasteiger partial charge is 0.506 e. The molecule has 0 spiro atoms. The number of hydrogen-bond donors (Lipinski definition) is 2. The van der Waals surface area contributed by atoms with Gasteiger partial charge in [-0.15, -0.1) is 0 Å². The van der Waals surface area contributed by atoms with Crippen molar-refractivity contribution >= 4 is 34.8 Å². The summed E-state index contributed by atoms with van der Waals surface area (Å²) in [6, 6.07) is 7.72. The summed E-state index contributed by atoms with van der Waals surface area (Å²) < 4.78 is 12.9. The van der Waals surface area contributed by atoms with Gasteiger partial charge < -0.3 is 10.4 Å². The Morgan fingerprint density at radius 3 is 2.47 bits per heavy atom. The number of phenols is 1. The minimum absolute atomic E-state index is 0.0161. The summed E-state index contributed by atoms with van der Waals surface area (Å²) >= 11 is 11.5. The number of carbonyl (C=O) groups excluding carboxylic acids is 1. The maximum absolute atomic E-state index is 12.9. The van der Waals surface area contributed by atoms with Crippen LogP contribution in [0.2, 0.25) is 10.0 Å². The zero-order valence-electron chi connectivity index (χ0n) is 9.45. The first-order chi connectivity index (χ1) is 8.97. The molecular formula is C13H8Cl2FNO2. The van der Waals surface area contributed by atoms with Crippen molar-refractivity contribution in [3.8, 4) is 5.75 Å². The molecule has 0 atom stereocenters. The first-order valence-corrected chi connectivity index (χ1v) is 5.98. The molecule has 0 aromatic heterocycles. The average Bonchev–Trinajstić information content (AvgIpc) is 2.33. The van der Waals surface area contributed by atoms with E-state index in [0.29, 0.717) is 5.69 Å². The van der Waals surface area contributed by atoms with Gasteiger partial charge in [0.15, 0.2) is 0 Å². The molecule has 0 radical (unpaired) electrons. The van der Waals surface area contributed by atoms with E-state index < -0.39 is 11.7 Å². The average molecular weight is 300 g/mol. The summed E-state index contributed by atoms with van der Waals surface area (Å²) in [5.74, 6) is -1.10. The topological polar surface area (TPSA) is 49.3 Å². The summed E-state index contributed by atoms with van der Waals surface area (Å²) in [6.07, 6.45) is 0. The number of halogens is 3. The molecule has 2 aromatic carbocycles. The van der Waals surface area contributed by atoms with Gasteiger partial charge >= 0.3 is 0 Å². The molecule has 1 amide bonds. The molecule has 2 N–H and O–H groups in total. The Hall–Kier alpha value is -1.78. The maximum atomic E-state index is 12.9. The Morgan fingerprint density at radius 1 is 1.11 bits per heavy atom. The number of anilines is 1. The fourth-order valence-electron chi connectivity index (χ4n) is 1.46. The van der Waals surface area contributed by atoms with Gasteiger partial charge in [-0.05, 0) is 36.4 Å². The van der Waals surface area contributed by atoms with Crippen LogP contribution in [-0.2, 0) is 0 Å². The van der Waals surface area contributed by atoms with E-state index in [2.05, 4.69) is 5.32 Å². The normalized spacial score (nSPS) is 10.3. The fraction of sp³-hybridized carbons (Fsp3) is 0. The molecule has 6 heteroatoms. The van der Waals surface area contributed by atoms with E-state index in [1.165, 1.54) is 24.3 Å². The summed E-state index contributed by atoms with van der Waals surface area (Å²) in [5, 5.41) is 11.9. The highest BCUT2D eigenvalue weighted by molar-refractivity contribution is 6.34. The highest BCUT2D eigenvalue weighted by Crippen LogP contribution is 2.27. The third kappa shape index (κ3) is 3.16. The van der Waals surface area contributed by atoms with Gasteiger partial charge in [0.05, 0.1) is 15.6 Å². The summed E-state index contributed by atoms with van der Waals surface area (Å²) in [4.78, 5) is 11.9. The molecule has 2 rings (SSSR count). The zero-order chi connectivity index (χ0) is 14.0. The second-order valence-corrected chi connectivity index (χ2v) is 4.56. The van der Waals surface area contributed by atoms with Crippen molar-refractivity contribution in [1.29, 1.82) is 0 Å². The Bertz CT molecular complexity index is 647. The number of aromatic hydroxyl groups is 1. The molecule has 0 heterocycles. The van der Waals surface area contributed by atoms with Gasteiger partial charge in [0, 0.05) is 5.69 Å². The monoisotopic (exact) mass is 299 g/mol. The first kappa shape index (κ1) is 13.6. The van der Waals surface area contributed by atoms with Crippen LogP contribution in [0.15, 0.2) is 36.4 Å². The lowest BCUT2D eigenvalue weighted by Crippen LogP contribution is -2.12. The summed E-state index contributed by atoms with van der Waals surface area (Å²) in [6.45, 7) is 0. The third-order valence-corrected chi connectivity index (χ3v) is 3.00. The molecule has 0 aliphatic carbocycles. The molecule has 0 aliphatic heterocycles. The molecule has 0 unspecified atom stereocenters. The van der Waals surface area contributed by atoms with E-state index in [-0.39, 0.29) is 21.4 Å². The zero-order valence-corrected chi connectivity index (χ0v) is 11.0. The van der Waals surface area contributed by atoms with Crippen molar-refractivity contribution in [2.24, 2.45) is 0 Å². The molecule has 98 valence electrons. The Morgan fingerprint density at radius 2 is 1.84 bits per heavy atom. The standard InChI is InChI=1S/C13H8Cl2FNO2/c14-10-5-7(16)1-3-9(10)13(19)17-8-2-4-12(18)11(15)6-8/h1-6,18H,(H,17,19). The Labute approximate surface area is 118 Å². The van der Waals surface area contributed by atoms with E-state index in [4.69, 9.17) is 23.2 Å². The van der Waals surface area contributed by atoms with Crippen molar-refractivity contribution in [2.45, 2.75) is 0 Å². The summed E-state index contributed by atoms with van der Waals surface area (Å²) in [5.41, 5.74) is 0.542. The van der Waals surface area contributed by atoms with Crippen LogP contribution in [-0.4, -0.2) is 11.0 Å². The summed E-state index contributed by atoms with van der Waals surface area (Å²) in [7, 11) is 0. The van der Waals surface area contributed by atoms with Crippen molar-refractivity contribution in [3.05, 3.63) is 57.8 Å². The lowest BCUT2D eigenvalue weighted by atomic mass is 10.2. The first-order valence-electron chi connectivity index (χ1n) is 5.22.